The van der Waals surface area contributed by atoms with Crippen LogP contribution in [0.4, 0.5) is 0 Å². The molecule has 0 N–H and O–H groups in total. The maximum atomic E-state index is 11.0. The molecule has 1 aromatic rings. The van der Waals surface area contributed by atoms with E-state index in [9.17, 15) is 4.79 Å². The summed E-state index contributed by atoms with van der Waals surface area (Å²) >= 11 is 1.59. The van der Waals surface area contributed by atoms with Gasteiger partial charge < -0.3 is 4.74 Å². The van der Waals surface area contributed by atoms with Crippen molar-refractivity contribution in [1.29, 1.82) is 0 Å². The van der Waals surface area contributed by atoms with E-state index in [1.807, 2.05) is 31.4 Å². The first-order valence-electron chi connectivity index (χ1n) is 4.10. The van der Waals surface area contributed by atoms with Gasteiger partial charge in [0, 0.05) is 11.0 Å². The van der Waals surface area contributed by atoms with Gasteiger partial charge in [0.1, 0.15) is 0 Å². The maximum absolute atomic E-state index is 11.0. The topological polar surface area (TPSA) is 26.3 Å². The van der Waals surface area contributed by atoms with Gasteiger partial charge in [-0.2, -0.15) is 0 Å². The van der Waals surface area contributed by atoms with Gasteiger partial charge in [-0.25, -0.2) is 4.79 Å². The predicted molar refractivity (Wildman–Crippen MR) is 54.6 cm³/mol. The van der Waals surface area contributed by atoms with Crippen molar-refractivity contribution in [3.05, 3.63) is 28.5 Å². The van der Waals surface area contributed by atoms with Crippen LogP contribution in [0, 0.1) is 0 Å². The monoisotopic (exact) mass is 196 g/mol. The van der Waals surface area contributed by atoms with Gasteiger partial charge in [0.25, 0.3) is 0 Å². The van der Waals surface area contributed by atoms with E-state index in [1.54, 1.807) is 17.4 Å². The lowest BCUT2D eigenvalue weighted by Crippen LogP contribution is -2.08. The van der Waals surface area contributed by atoms with Crippen LogP contribution in [0.25, 0.3) is 6.08 Å². The SMILES string of the molecule is CC(C)OC(=O)C=Cc1cccs1. The summed E-state index contributed by atoms with van der Waals surface area (Å²) in [6.45, 7) is 3.66. The highest BCUT2D eigenvalue weighted by atomic mass is 32.1. The molecule has 0 bridgehead atoms. The van der Waals surface area contributed by atoms with Crippen molar-refractivity contribution >= 4 is 23.4 Å². The Hall–Kier alpha value is -1.09. The van der Waals surface area contributed by atoms with Crippen molar-refractivity contribution in [2.75, 3.05) is 0 Å². The second-order valence-corrected chi connectivity index (χ2v) is 3.81. The first kappa shape index (κ1) is 9.99. The van der Waals surface area contributed by atoms with Gasteiger partial charge in [-0.3, -0.25) is 0 Å². The largest absolute Gasteiger partial charge is 0.460 e. The molecule has 70 valence electrons. The molecule has 0 amide bonds. The Morgan fingerprint density at radius 3 is 2.92 bits per heavy atom. The van der Waals surface area contributed by atoms with Gasteiger partial charge >= 0.3 is 5.97 Å². The van der Waals surface area contributed by atoms with Crippen LogP contribution in [0.5, 0.6) is 0 Å². The van der Waals surface area contributed by atoms with Crippen molar-refractivity contribution in [3.8, 4) is 0 Å². The predicted octanol–water partition coefficient (Wildman–Crippen LogP) is 2.71. The van der Waals surface area contributed by atoms with Gasteiger partial charge in [-0.1, -0.05) is 6.07 Å². The molecule has 0 aliphatic rings. The van der Waals surface area contributed by atoms with Crippen molar-refractivity contribution in [1.82, 2.24) is 0 Å². The average Bonchev–Trinajstić information content (AvgIpc) is 2.51. The van der Waals surface area contributed by atoms with Gasteiger partial charge in [-0.05, 0) is 31.4 Å². The molecule has 0 radical (unpaired) electrons. The van der Waals surface area contributed by atoms with Crippen LogP contribution in [-0.4, -0.2) is 12.1 Å². The minimum Gasteiger partial charge on any atom is -0.460 e. The number of esters is 1. The minimum absolute atomic E-state index is 0.0551. The Bertz CT molecular complexity index is 286. The third-order valence-corrected chi connectivity index (χ3v) is 2.12. The quantitative estimate of drug-likeness (QED) is 0.549. The number of ether oxygens (including phenoxy) is 1. The fourth-order valence-corrected chi connectivity index (χ4v) is 1.43. The summed E-state index contributed by atoms with van der Waals surface area (Å²) in [4.78, 5) is 12.1. The smallest absolute Gasteiger partial charge is 0.331 e. The summed E-state index contributed by atoms with van der Waals surface area (Å²) in [5.74, 6) is -0.289. The number of hydrogen-bond donors (Lipinski definition) is 0. The molecule has 3 heteroatoms. The third kappa shape index (κ3) is 3.90. The molecule has 0 unspecified atom stereocenters. The standard InChI is InChI=1S/C10H12O2S/c1-8(2)12-10(11)6-5-9-4-3-7-13-9/h3-8H,1-2H3. The number of hydrogen-bond acceptors (Lipinski definition) is 3. The summed E-state index contributed by atoms with van der Waals surface area (Å²) in [7, 11) is 0. The molecule has 13 heavy (non-hydrogen) atoms. The van der Waals surface area contributed by atoms with E-state index in [0.717, 1.165) is 4.88 Å². The van der Waals surface area contributed by atoms with Crippen LogP contribution in [0.1, 0.15) is 18.7 Å². The molecular formula is C10H12O2S. The summed E-state index contributed by atoms with van der Waals surface area (Å²) in [5, 5.41) is 1.97. The van der Waals surface area contributed by atoms with Crippen LogP contribution in [0.2, 0.25) is 0 Å². The van der Waals surface area contributed by atoms with E-state index in [0.29, 0.717) is 0 Å². The summed E-state index contributed by atoms with van der Waals surface area (Å²) < 4.78 is 4.93. The highest BCUT2D eigenvalue weighted by molar-refractivity contribution is 7.10. The Morgan fingerprint density at radius 2 is 2.38 bits per heavy atom. The maximum Gasteiger partial charge on any atom is 0.331 e. The summed E-state index contributed by atoms with van der Waals surface area (Å²) in [6, 6.07) is 3.89. The molecular weight excluding hydrogens is 184 g/mol. The highest BCUT2D eigenvalue weighted by Crippen LogP contribution is 2.10. The van der Waals surface area contributed by atoms with Gasteiger partial charge in [-0.15, -0.1) is 11.3 Å². The second kappa shape index (κ2) is 4.82. The first-order valence-corrected chi connectivity index (χ1v) is 4.98. The van der Waals surface area contributed by atoms with E-state index in [4.69, 9.17) is 4.74 Å². The second-order valence-electron chi connectivity index (χ2n) is 2.83. The van der Waals surface area contributed by atoms with E-state index in [2.05, 4.69) is 0 Å². The zero-order valence-electron chi connectivity index (χ0n) is 7.69. The lowest BCUT2D eigenvalue weighted by molar-refractivity contribution is -0.141. The number of thiophene rings is 1. The van der Waals surface area contributed by atoms with E-state index < -0.39 is 0 Å². The van der Waals surface area contributed by atoms with Crippen LogP contribution in [-0.2, 0) is 9.53 Å². The van der Waals surface area contributed by atoms with E-state index in [-0.39, 0.29) is 12.1 Å². The Kier molecular flexibility index (Phi) is 3.71. The van der Waals surface area contributed by atoms with Gasteiger partial charge in [0.15, 0.2) is 0 Å². The molecule has 0 aliphatic heterocycles. The lowest BCUT2D eigenvalue weighted by atomic mass is 10.4. The number of rotatable bonds is 3. The van der Waals surface area contributed by atoms with Gasteiger partial charge in [0.05, 0.1) is 6.10 Å². The molecule has 0 aromatic carbocycles. The summed E-state index contributed by atoms with van der Waals surface area (Å²) in [5.41, 5.74) is 0. The molecule has 0 atom stereocenters. The van der Waals surface area contributed by atoms with Crippen molar-refractivity contribution in [3.63, 3.8) is 0 Å². The Balaban J connectivity index is 2.44. The van der Waals surface area contributed by atoms with Crippen molar-refractivity contribution in [2.24, 2.45) is 0 Å². The van der Waals surface area contributed by atoms with Crippen LogP contribution in [0.3, 0.4) is 0 Å². The number of carbonyl (C=O) groups excluding carboxylic acids is 1. The van der Waals surface area contributed by atoms with Crippen LogP contribution in [0.15, 0.2) is 23.6 Å². The Labute approximate surface area is 81.8 Å². The lowest BCUT2D eigenvalue weighted by Gasteiger charge is -2.03. The molecule has 0 saturated heterocycles. The normalized spacial score (nSPS) is 11.0. The van der Waals surface area contributed by atoms with Crippen molar-refractivity contribution < 1.29 is 9.53 Å². The molecule has 0 aliphatic carbocycles. The molecule has 1 heterocycles. The van der Waals surface area contributed by atoms with Crippen LogP contribution >= 0.6 is 11.3 Å². The van der Waals surface area contributed by atoms with Crippen molar-refractivity contribution in [2.45, 2.75) is 20.0 Å². The molecule has 0 saturated carbocycles. The first-order chi connectivity index (χ1) is 6.18. The van der Waals surface area contributed by atoms with E-state index in [1.165, 1.54) is 6.08 Å². The zero-order valence-corrected chi connectivity index (χ0v) is 8.51. The van der Waals surface area contributed by atoms with E-state index >= 15 is 0 Å². The minimum atomic E-state index is -0.289. The highest BCUT2D eigenvalue weighted by Gasteiger charge is 1.99. The molecule has 2 nitrogen and oxygen atoms in total. The molecule has 1 rings (SSSR count). The fourth-order valence-electron chi connectivity index (χ4n) is 0.808. The Morgan fingerprint density at radius 1 is 1.62 bits per heavy atom. The average molecular weight is 196 g/mol. The van der Waals surface area contributed by atoms with Crippen LogP contribution < -0.4 is 0 Å². The van der Waals surface area contributed by atoms with Gasteiger partial charge in [0.2, 0.25) is 0 Å². The fraction of sp³-hybridized carbons (Fsp3) is 0.300. The number of carbonyl (C=O) groups is 1. The molecule has 1 aromatic heterocycles. The molecule has 0 spiro atoms. The molecule has 0 fully saturated rings. The zero-order chi connectivity index (χ0) is 9.68. The third-order valence-electron chi connectivity index (χ3n) is 1.28. The summed E-state index contributed by atoms with van der Waals surface area (Å²) in [6.07, 6.45) is 3.15.